The van der Waals surface area contributed by atoms with E-state index in [-0.39, 0.29) is 64.1 Å². The fraction of sp³-hybridized carbons (Fsp3) is 0.244. The Hall–Kier alpha value is -8.43. The van der Waals surface area contributed by atoms with E-state index in [1.807, 2.05) is 192 Å². The molecule has 3 saturated heterocycles. The molecule has 0 aliphatic carbocycles. The van der Waals surface area contributed by atoms with Gasteiger partial charge in [0, 0.05) is 43.5 Å². The van der Waals surface area contributed by atoms with E-state index < -0.39 is 82.3 Å². The van der Waals surface area contributed by atoms with Gasteiger partial charge in [0.25, 0.3) is 0 Å². The molecule has 3 unspecified atom stereocenters. The highest BCUT2D eigenvalue weighted by Crippen LogP contribution is 2.52. The average Bonchev–Trinajstić information content (AvgIpc) is 0.730. The minimum atomic E-state index is -4.11. The Bertz CT molecular complexity index is 5030. The second-order valence-corrected chi connectivity index (χ2v) is 33.0. The number of rotatable bonds is 14. The third kappa shape index (κ3) is 12.6. The van der Waals surface area contributed by atoms with Gasteiger partial charge < -0.3 is 4.74 Å². The molecule has 4 aliphatic rings. The normalized spacial score (nSPS) is 21.6. The van der Waals surface area contributed by atoms with Crippen molar-refractivity contribution in [1.82, 2.24) is 17.2 Å². The van der Waals surface area contributed by atoms with E-state index in [9.17, 15) is 38.5 Å². The first-order valence-electron chi connectivity index (χ1n) is 32.4. The SMILES string of the molecule is CCOC1=C2CN(S(=O)(=O)c3ccc(C)cc3)C(c3cccc4ccccc34)CC2N(S(=O)(=O)c2ccc(C)cc2)C(c2ccccc2)C1.Cc1ccc(S(=O)(=O)N2C[C@H]3C(=O)C[C@@H](c4ccccc4)N(S(=O)(=O)c4ccc(C)cc4)[C@H]3C[C@H]2c2cccc3ccccc23)cc1. The number of hydrogen-bond donors (Lipinski definition) is 0. The second-order valence-electron chi connectivity index (χ2n) is 25.5. The molecule has 18 heteroatoms. The Morgan fingerprint density at radius 1 is 0.385 bits per heavy atom. The van der Waals surface area contributed by atoms with Crippen LogP contribution in [0.15, 0.2) is 274 Å². The summed E-state index contributed by atoms with van der Waals surface area (Å²) >= 11 is 0. The minimum absolute atomic E-state index is 0.00841. The van der Waals surface area contributed by atoms with Crippen LogP contribution in [0, 0.1) is 33.6 Å². The van der Waals surface area contributed by atoms with Crippen molar-refractivity contribution in [2.45, 2.75) is 116 Å². The molecule has 0 aromatic heterocycles. The number of aryl methyl sites for hydroxylation is 4. The number of ketones is 1. The van der Waals surface area contributed by atoms with Gasteiger partial charge in [-0.05, 0) is 140 Å². The molecule has 96 heavy (non-hydrogen) atoms. The Morgan fingerprint density at radius 3 is 1.23 bits per heavy atom. The molecule has 14 rings (SSSR count). The van der Waals surface area contributed by atoms with Gasteiger partial charge in [-0.1, -0.05) is 216 Å². The zero-order valence-electron chi connectivity index (χ0n) is 54.1. The summed E-state index contributed by atoms with van der Waals surface area (Å²) in [5.74, 6) is -0.335. The van der Waals surface area contributed by atoms with E-state index >= 15 is 0 Å². The van der Waals surface area contributed by atoms with Gasteiger partial charge in [0.15, 0.2) is 0 Å². The first-order chi connectivity index (χ1) is 46.1. The summed E-state index contributed by atoms with van der Waals surface area (Å²) in [6.45, 7) is 9.78. The number of piperidine rings is 3. The van der Waals surface area contributed by atoms with Crippen molar-refractivity contribution in [3.05, 3.63) is 298 Å². The average molecular weight is 1360 g/mol. The molecular weight excluding hydrogens is 1280 g/mol. The molecule has 0 amide bonds. The van der Waals surface area contributed by atoms with Gasteiger partial charge in [0.2, 0.25) is 40.1 Å². The van der Waals surface area contributed by atoms with Crippen molar-refractivity contribution in [1.29, 1.82) is 0 Å². The number of fused-ring (bicyclic) bond motifs is 4. The Balaban J connectivity index is 0.000000174. The van der Waals surface area contributed by atoms with E-state index in [1.54, 1.807) is 93.5 Å². The van der Waals surface area contributed by atoms with Gasteiger partial charge in [-0.3, -0.25) is 4.79 Å². The van der Waals surface area contributed by atoms with Crippen LogP contribution >= 0.6 is 0 Å². The summed E-state index contributed by atoms with van der Waals surface area (Å²) in [5, 5.41) is 3.75. The van der Waals surface area contributed by atoms with E-state index in [1.165, 1.54) is 8.61 Å². The van der Waals surface area contributed by atoms with Crippen LogP contribution in [-0.2, 0) is 49.6 Å². The van der Waals surface area contributed by atoms with Crippen LogP contribution in [-0.4, -0.2) is 88.5 Å². The molecule has 10 aromatic rings. The molecule has 0 N–H and O–H groups in total. The molecule has 0 saturated carbocycles. The van der Waals surface area contributed by atoms with Crippen molar-refractivity contribution < 1.29 is 43.2 Å². The van der Waals surface area contributed by atoms with Crippen molar-refractivity contribution in [3.63, 3.8) is 0 Å². The molecule has 0 spiro atoms. The van der Waals surface area contributed by atoms with Crippen molar-refractivity contribution in [3.8, 4) is 0 Å². The maximum Gasteiger partial charge on any atom is 0.244 e. The predicted molar refractivity (Wildman–Crippen MR) is 375 cm³/mol. The summed E-state index contributed by atoms with van der Waals surface area (Å²) in [7, 11) is -16.3. The monoisotopic (exact) mass is 1360 g/mol. The quantitative estimate of drug-likeness (QED) is 0.102. The molecule has 0 bridgehead atoms. The topological polar surface area (TPSA) is 176 Å². The lowest BCUT2D eigenvalue weighted by molar-refractivity contribution is -0.132. The molecular formula is C78H76N4O10S4. The molecule has 3 fully saturated rings. The third-order valence-electron chi connectivity index (χ3n) is 19.5. The van der Waals surface area contributed by atoms with Crippen LogP contribution in [0.2, 0.25) is 0 Å². The zero-order valence-corrected chi connectivity index (χ0v) is 57.4. The van der Waals surface area contributed by atoms with Crippen molar-refractivity contribution >= 4 is 67.4 Å². The maximum absolute atomic E-state index is 14.9. The Morgan fingerprint density at radius 2 is 0.771 bits per heavy atom. The summed E-state index contributed by atoms with van der Waals surface area (Å²) in [6.07, 6.45) is 0.559. The van der Waals surface area contributed by atoms with Gasteiger partial charge >= 0.3 is 0 Å². The number of benzene rings is 10. The number of ether oxygens (including phenoxy) is 1. The first-order valence-corrected chi connectivity index (χ1v) is 38.2. The van der Waals surface area contributed by atoms with Crippen LogP contribution < -0.4 is 0 Å². The fourth-order valence-electron chi connectivity index (χ4n) is 14.6. The summed E-state index contributed by atoms with van der Waals surface area (Å²) in [6, 6.07) is 69.6. The van der Waals surface area contributed by atoms with E-state index in [4.69, 9.17) is 4.74 Å². The highest BCUT2D eigenvalue weighted by atomic mass is 32.2. The van der Waals surface area contributed by atoms with Crippen LogP contribution in [0.5, 0.6) is 0 Å². The maximum atomic E-state index is 14.9. The Labute approximate surface area is 564 Å². The fourth-order valence-corrected chi connectivity index (χ4v) is 21.5. The number of carbonyl (C=O) groups is 1. The molecule has 4 heterocycles. The van der Waals surface area contributed by atoms with Gasteiger partial charge in [-0.15, -0.1) is 0 Å². The number of Topliss-reactive ketones (excluding diaryl/α,β-unsaturated/α-hetero) is 1. The second kappa shape index (κ2) is 26.9. The van der Waals surface area contributed by atoms with Gasteiger partial charge in [-0.2, -0.15) is 17.2 Å². The van der Waals surface area contributed by atoms with Crippen LogP contribution in [0.1, 0.15) is 101 Å². The molecule has 14 nitrogen and oxygen atoms in total. The molecule has 492 valence electrons. The number of sulfonamides is 4. The lowest BCUT2D eigenvalue weighted by Gasteiger charge is -2.51. The number of nitrogens with zero attached hydrogens (tertiary/aromatic N) is 4. The van der Waals surface area contributed by atoms with Gasteiger partial charge in [0.1, 0.15) is 5.78 Å². The van der Waals surface area contributed by atoms with Crippen LogP contribution in [0.3, 0.4) is 0 Å². The summed E-state index contributed by atoms with van der Waals surface area (Å²) < 4.78 is 130. The van der Waals surface area contributed by atoms with Crippen LogP contribution in [0.4, 0.5) is 0 Å². The van der Waals surface area contributed by atoms with E-state index in [0.717, 1.165) is 66.1 Å². The van der Waals surface area contributed by atoms with Crippen molar-refractivity contribution in [2.75, 3.05) is 19.7 Å². The lowest BCUT2D eigenvalue weighted by atomic mass is 9.77. The van der Waals surface area contributed by atoms with E-state index in [0.29, 0.717) is 17.9 Å². The predicted octanol–water partition coefficient (Wildman–Crippen LogP) is 15.1. The largest absolute Gasteiger partial charge is 0.498 e. The summed E-state index contributed by atoms with van der Waals surface area (Å²) in [4.78, 5) is 14.8. The zero-order chi connectivity index (χ0) is 67.3. The Kier molecular flexibility index (Phi) is 18.5. The number of hydrogen-bond acceptors (Lipinski definition) is 10. The molecule has 0 radical (unpaired) electrons. The van der Waals surface area contributed by atoms with Gasteiger partial charge in [-0.25, -0.2) is 33.7 Å². The number of carbonyl (C=O) groups excluding carboxylic acids is 1. The molecule has 10 aromatic carbocycles. The first kappa shape index (κ1) is 66.2. The molecule has 7 atom stereocenters. The van der Waals surface area contributed by atoms with Crippen molar-refractivity contribution in [2.24, 2.45) is 5.92 Å². The van der Waals surface area contributed by atoms with Crippen LogP contribution in [0.25, 0.3) is 21.5 Å². The highest BCUT2D eigenvalue weighted by Gasteiger charge is 2.56. The summed E-state index contributed by atoms with van der Waals surface area (Å²) in [5.41, 5.74) is 7.65. The highest BCUT2D eigenvalue weighted by molar-refractivity contribution is 7.90. The minimum Gasteiger partial charge on any atom is -0.498 e. The smallest absolute Gasteiger partial charge is 0.244 e. The molecule has 4 aliphatic heterocycles. The third-order valence-corrected chi connectivity index (χ3v) is 27.1. The van der Waals surface area contributed by atoms with E-state index in [2.05, 4.69) is 0 Å². The lowest BCUT2D eigenvalue weighted by Crippen LogP contribution is -2.60. The standard InChI is InChI=1S/C40H40N2O5S2.C38H36N2O5S2/c1-4-47-40-26-37(31-12-6-5-7-13-31)42(49(45,46)33-23-19-29(3)20-24-33)39-25-38(35-16-10-14-30-11-8-9-15-34(30)35)41(27-36(39)40)48(43,44)32-21-17-28(2)18-22-32;1-26-15-19-30(20-16-26)46(42,43)39-25-34-37(23-36(39)33-14-8-12-28-9-6-7-13-32(28)33)40(47(44,45)31-21-17-27(2)18-22-31)35(24-38(34)41)29-10-4-3-5-11-29/h5-24,37-39H,4,25-27H2,1-3H3;3-22,34-37H,23-25H2,1-2H3/t;34-,35+,36+,37+/m.1/s1. The van der Waals surface area contributed by atoms with Gasteiger partial charge in [0.05, 0.1) is 62.2 Å².